The highest BCUT2D eigenvalue weighted by molar-refractivity contribution is 6.00. The average molecular weight is 802 g/mol. The minimum Gasteiger partial charge on any atom is -0.445 e. The van der Waals surface area contributed by atoms with Crippen LogP contribution in [0.1, 0.15) is 65.9 Å². The number of carbonyl (C=O) groups is 5. The molecule has 1 fully saturated rings. The Labute approximate surface area is 343 Å². The number of likely N-dealkylation sites (tertiary alicyclic amines) is 1. The topological polar surface area (TPSA) is 174 Å². The highest BCUT2D eigenvalue weighted by Gasteiger charge is 2.44. The van der Waals surface area contributed by atoms with Crippen LogP contribution in [0, 0.1) is 5.92 Å². The molecular formula is C46H51N5O8. The number of hydrogen-bond donors (Lipinski definition) is 2. The largest absolute Gasteiger partial charge is 0.445 e. The Bertz CT molecular complexity index is 2130. The van der Waals surface area contributed by atoms with Gasteiger partial charge in [-0.1, -0.05) is 110 Å². The quantitative estimate of drug-likeness (QED) is 0.0662. The Morgan fingerprint density at radius 1 is 0.847 bits per heavy atom. The maximum absolute atomic E-state index is 14.7. The first-order valence-electron chi connectivity index (χ1n) is 20.1. The Morgan fingerprint density at radius 3 is 2.17 bits per heavy atom. The van der Waals surface area contributed by atoms with Gasteiger partial charge in [0.15, 0.2) is 11.4 Å². The molecule has 6 rings (SSSR count). The van der Waals surface area contributed by atoms with Crippen LogP contribution in [-0.2, 0) is 38.6 Å². The number of amides is 3. The third-order valence-corrected chi connectivity index (χ3v) is 10.5. The molecule has 0 saturated carbocycles. The van der Waals surface area contributed by atoms with E-state index in [0.717, 1.165) is 16.7 Å². The second kappa shape index (κ2) is 20.9. The molecule has 0 spiro atoms. The van der Waals surface area contributed by atoms with Crippen molar-refractivity contribution in [1.29, 1.82) is 0 Å². The van der Waals surface area contributed by atoms with E-state index in [-0.39, 0.29) is 50.6 Å². The molecular weight excluding hydrogens is 751 g/mol. The van der Waals surface area contributed by atoms with Gasteiger partial charge in [-0.25, -0.2) is 14.6 Å². The Kier molecular flexibility index (Phi) is 15.0. The van der Waals surface area contributed by atoms with Crippen LogP contribution in [0.25, 0.3) is 11.1 Å². The standard InChI is InChI=1S/C46H51N5O8/c1-50(29-33-17-7-3-8-18-33)46(56)58-36-28-39(40(52)27-35(21-13-14-26-47)42(53)43-48-37-22-11-12-23-41(37)59-43)51(30-36)44(54)38(25-24-32-15-5-2-6-16-32)49-45(55)57-31-34-19-9-4-10-20-34/h2-12,15-20,22-23,35-36,38-39H,13-14,21,24-31,47H2,1H3,(H,49,55)/t35-,36-,38-,39+/m1/s1. The molecule has 59 heavy (non-hydrogen) atoms. The molecule has 0 aliphatic carbocycles. The monoisotopic (exact) mass is 801 g/mol. The van der Waals surface area contributed by atoms with Crippen molar-refractivity contribution in [3.8, 4) is 0 Å². The van der Waals surface area contributed by atoms with Crippen LogP contribution in [0.4, 0.5) is 9.59 Å². The smallest absolute Gasteiger partial charge is 0.410 e. The van der Waals surface area contributed by atoms with Crippen molar-refractivity contribution >= 4 is 40.8 Å². The van der Waals surface area contributed by atoms with Crippen molar-refractivity contribution < 1.29 is 37.9 Å². The highest BCUT2D eigenvalue weighted by Crippen LogP contribution is 2.29. The zero-order valence-corrected chi connectivity index (χ0v) is 33.2. The molecule has 3 amide bonds. The minimum atomic E-state index is -1.09. The van der Waals surface area contributed by atoms with Crippen LogP contribution in [0.3, 0.4) is 0 Å². The number of benzene rings is 4. The van der Waals surface area contributed by atoms with Gasteiger partial charge in [-0.05, 0) is 61.1 Å². The number of fused-ring (bicyclic) bond motifs is 1. The maximum Gasteiger partial charge on any atom is 0.410 e. The number of hydrogen-bond acceptors (Lipinski definition) is 10. The Morgan fingerprint density at radius 2 is 1.49 bits per heavy atom. The van der Waals surface area contributed by atoms with Crippen molar-refractivity contribution in [2.45, 2.75) is 76.3 Å². The number of aromatic nitrogens is 1. The molecule has 13 nitrogen and oxygen atoms in total. The fourth-order valence-corrected chi connectivity index (χ4v) is 7.30. The molecule has 0 radical (unpaired) electrons. The van der Waals surface area contributed by atoms with Gasteiger partial charge in [0.2, 0.25) is 11.7 Å². The van der Waals surface area contributed by atoms with Gasteiger partial charge in [-0.2, -0.15) is 0 Å². The number of aryl methyl sites for hydroxylation is 1. The van der Waals surface area contributed by atoms with Gasteiger partial charge in [0, 0.05) is 32.4 Å². The van der Waals surface area contributed by atoms with Gasteiger partial charge in [-0.3, -0.25) is 14.4 Å². The van der Waals surface area contributed by atoms with Gasteiger partial charge in [0.1, 0.15) is 24.3 Å². The van der Waals surface area contributed by atoms with Crippen LogP contribution in [0.2, 0.25) is 0 Å². The van der Waals surface area contributed by atoms with Gasteiger partial charge < -0.3 is 34.7 Å². The number of alkyl carbamates (subject to hydrolysis) is 1. The summed E-state index contributed by atoms with van der Waals surface area (Å²) in [5.41, 5.74) is 9.39. The third kappa shape index (κ3) is 11.9. The number of ether oxygens (including phenoxy) is 2. The van der Waals surface area contributed by atoms with Gasteiger partial charge in [0.05, 0.1) is 12.6 Å². The first kappa shape index (κ1) is 42.3. The van der Waals surface area contributed by atoms with E-state index in [4.69, 9.17) is 19.6 Å². The molecule has 13 heteroatoms. The molecule has 3 N–H and O–H groups in total. The van der Waals surface area contributed by atoms with Gasteiger partial charge in [0.25, 0.3) is 5.89 Å². The molecule has 1 aliphatic heterocycles. The summed E-state index contributed by atoms with van der Waals surface area (Å²) >= 11 is 0. The first-order chi connectivity index (χ1) is 28.7. The second-order valence-electron chi connectivity index (χ2n) is 14.9. The lowest BCUT2D eigenvalue weighted by Crippen LogP contribution is -2.52. The summed E-state index contributed by atoms with van der Waals surface area (Å²) in [6.07, 6.45) is -0.263. The van der Waals surface area contributed by atoms with Crippen molar-refractivity contribution in [2.75, 3.05) is 20.1 Å². The van der Waals surface area contributed by atoms with Crippen molar-refractivity contribution in [2.24, 2.45) is 11.7 Å². The molecule has 5 aromatic rings. The predicted octanol–water partition coefficient (Wildman–Crippen LogP) is 6.88. The van der Waals surface area contributed by atoms with E-state index in [1.54, 1.807) is 31.3 Å². The van der Waals surface area contributed by atoms with Crippen LogP contribution < -0.4 is 11.1 Å². The van der Waals surface area contributed by atoms with Crippen molar-refractivity contribution in [3.63, 3.8) is 0 Å². The molecule has 308 valence electrons. The van der Waals surface area contributed by atoms with E-state index < -0.39 is 48.0 Å². The molecule has 2 heterocycles. The number of ketones is 2. The van der Waals surface area contributed by atoms with Gasteiger partial charge in [-0.15, -0.1) is 0 Å². The molecule has 4 atom stereocenters. The number of nitrogens with one attached hydrogen (secondary N) is 1. The highest BCUT2D eigenvalue weighted by atomic mass is 16.6. The lowest BCUT2D eigenvalue weighted by atomic mass is 9.89. The minimum absolute atomic E-state index is 0.00590. The maximum atomic E-state index is 14.7. The average Bonchev–Trinajstić information content (AvgIpc) is 3.90. The SMILES string of the molecule is CN(Cc1ccccc1)C(=O)O[C@@H]1C[C@@H](C(=O)C[C@@H](CCCCN)C(=O)c2nc3ccccc3o2)N(C(=O)[C@@H](CCc2ccccc2)NC(=O)OCc2ccccc2)C1. The number of nitrogens with two attached hydrogens (primary N) is 1. The number of carbonyl (C=O) groups excluding carboxylic acids is 5. The zero-order valence-electron chi connectivity index (χ0n) is 33.2. The Hall–Kier alpha value is -6.34. The summed E-state index contributed by atoms with van der Waals surface area (Å²) in [7, 11) is 1.62. The van der Waals surface area contributed by atoms with Crippen LogP contribution >= 0.6 is 0 Å². The summed E-state index contributed by atoms with van der Waals surface area (Å²) in [5, 5.41) is 2.76. The Balaban J connectivity index is 1.24. The van der Waals surface area contributed by atoms with Crippen LogP contribution in [0.5, 0.6) is 0 Å². The first-order valence-corrected chi connectivity index (χ1v) is 20.1. The van der Waals surface area contributed by atoms with Crippen LogP contribution in [0.15, 0.2) is 120 Å². The lowest BCUT2D eigenvalue weighted by Gasteiger charge is -2.29. The number of unbranched alkanes of at least 4 members (excludes halogenated alkanes) is 1. The molecule has 1 aliphatic rings. The zero-order chi connectivity index (χ0) is 41.6. The number of rotatable bonds is 19. The van der Waals surface area contributed by atoms with E-state index in [1.165, 1.54) is 9.80 Å². The van der Waals surface area contributed by atoms with E-state index in [0.29, 0.717) is 43.3 Å². The lowest BCUT2D eigenvalue weighted by molar-refractivity contribution is -0.139. The second-order valence-corrected chi connectivity index (χ2v) is 14.9. The fraction of sp³-hybridized carbons (Fsp3) is 0.348. The summed E-state index contributed by atoms with van der Waals surface area (Å²) in [4.78, 5) is 77.0. The number of para-hydroxylation sites is 2. The summed E-state index contributed by atoms with van der Waals surface area (Å²) in [5.74, 6) is -2.24. The molecule has 0 unspecified atom stereocenters. The fourth-order valence-electron chi connectivity index (χ4n) is 7.30. The summed E-state index contributed by atoms with van der Waals surface area (Å²) in [6.45, 7) is 0.598. The van der Waals surface area contributed by atoms with Crippen molar-refractivity contribution in [3.05, 3.63) is 138 Å². The van der Waals surface area contributed by atoms with Crippen molar-refractivity contribution in [1.82, 2.24) is 20.1 Å². The predicted molar refractivity (Wildman–Crippen MR) is 221 cm³/mol. The molecule has 1 saturated heterocycles. The normalized spacial score (nSPS) is 15.9. The number of nitrogens with zero attached hydrogens (tertiary/aromatic N) is 3. The number of Topliss-reactive ketones (excluding diaryl/α,β-unsaturated/α-hetero) is 2. The number of oxazole rings is 1. The third-order valence-electron chi connectivity index (χ3n) is 10.5. The molecule has 0 bridgehead atoms. The van der Waals surface area contributed by atoms with E-state index in [1.807, 2.05) is 91.0 Å². The van der Waals surface area contributed by atoms with E-state index >= 15 is 0 Å². The summed E-state index contributed by atoms with van der Waals surface area (Å²) in [6, 6.07) is 33.0. The van der Waals surface area contributed by atoms with E-state index in [9.17, 15) is 24.0 Å². The molecule has 4 aromatic carbocycles. The molecule has 1 aromatic heterocycles. The van der Waals surface area contributed by atoms with Crippen LogP contribution in [-0.4, -0.2) is 82.8 Å². The van der Waals surface area contributed by atoms with Gasteiger partial charge >= 0.3 is 12.2 Å². The van der Waals surface area contributed by atoms with E-state index in [2.05, 4.69) is 10.3 Å². The summed E-state index contributed by atoms with van der Waals surface area (Å²) < 4.78 is 17.3.